The lowest BCUT2D eigenvalue weighted by Gasteiger charge is -2.40. The molecule has 3 aliphatic rings. The van der Waals surface area contributed by atoms with E-state index in [-0.39, 0.29) is 67.4 Å². The van der Waals surface area contributed by atoms with E-state index in [0.29, 0.717) is 68.6 Å². The molecule has 0 amide bonds. The van der Waals surface area contributed by atoms with Gasteiger partial charge in [0.2, 0.25) is 11.2 Å². The lowest BCUT2D eigenvalue weighted by atomic mass is 9.90. The van der Waals surface area contributed by atoms with Crippen molar-refractivity contribution in [2.24, 2.45) is 11.7 Å². The number of allylic oxidation sites excluding steroid dienone is 4. The van der Waals surface area contributed by atoms with E-state index in [1.165, 1.54) is 23.1 Å². The van der Waals surface area contributed by atoms with Gasteiger partial charge in [0, 0.05) is 171 Å². The van der Waals surface area contributed by atoms with Gasteiger partial charge in [-0.25, -0.2) is 39.1 Å². The number of hydrogen-bond donors (Lipinski definition) is 4. The summed E-state index contributed by atoms with van der Waals surface area (Å²) in [5.41, 5.74) is 16.2. The highest BCUT2D eigenvalue weighted by atomic mass is 32.2. The van der Waals surface area contributed by atoms with Gasteiger partial charge in [-0.2, -0.15) is 5.26 Å². The van der Waals surface area contributed by atoms with Crippen molar-refractivity contribution in [1.29, 1.82) is 16.1 Å². The number of Topliss-reactive ketones (excluding diaryl/α,β-unsaturated/α-hetero) is 2. The van der Waals surface area contributed by atoms with E-state index in [4.69, 9.17) is 27.7 Å². The number of pyridine rings is 3. The van der Waals surface area contributed by atoms with Gasteiger partial charge >= 0.3 is 5.97 Å². The van der Waals surface area contributed by atoms with Crippen molar-refractivity contribution in [2.75, 3.05) is 93.1 Å². The van der Waals surface area contributed by atoms with Gasteiger partial charge in [-0.1, -0.05) is 188 Å². The molecular weight excluding hydrogens is 1960 g/mol. The van der Waals surface area contributed by atoms with Crippen molar-refractivity contribution in [3.63, 3.8) is 0 Å². The van der Waals surface area contributed by atoms with E-state index in [9.17, 15) is 33.9 Å². The largest absolute Gasteiger partial charge is 0.508 e. The summed E-state index contributed by atoms with van der Waals surface area (Å²) < 4.78 is 25.3. The number of ketones is 2. The van der Waals surface area contributed by atoms with Crippen LogP contribution in [0.25, 0.3) is 49.9 Å². The van der Waals surface area contributed by atoms with Gasteiger partial charge in [-0.15, -0.1) is 88.8 Å². The third-order valence-electron chi connectivity index (χ3n) is 21.4. The van der Waals surface area contributed by atoms with Crippen LogP contribution in [0, 0.1) is 67.0 Å². The number of aryl methyl sites for hydroxylation is 3. The average Bonchev–Trinajstić information content (AvgIpc) is 0.777. The summed E-state index contributed by atoms with van der Waals surface area (Å²) in [6.07, 6.45) is 19.4. The van der Waals surface area contributed by atoms with Crippen LogP contribution in [0.15, 0.2) is 202 Å². The van der Waals surface area contributed by atoms with Crippen LogP contribution in [0.1, 0.15) is 219 Å². The van der Waals surface area contributed by atoms with Crippen molar-refractivity contribution < 1.29 is 28.6 Å². The molecule has 1 saturated heterocycles. The number of thioether (sulfide) groups is 7. The molecule has 5 aromatic carbocycles. The van der Waals surface area contributed by atoms with Gasteiger partial charge in [0.05, 0.1) is 39.8 Å². The summed E-state index contributed by atoms with van der Waals surface area (Å²) in [6.45, 7) is 64.4. The topological polar surface area (TPSA) is 300 Å². The normalized spacial score (nSPS) is 13.4. The van der Waals surface area contributed by atoms with Crippen molar-refractivity contribution >= 4 is 156 Å². The van der Waals surface area contributed by atoms with Gasteiger partial charge in [0.15, 0.2) is 16.8 Å². The van der Waals surface area contributed by atoms with E-state index < -0.39 is 5.97 Å². The number of halogens is 1. The number of carbonyl (C=O) groups excluding carboxylic acids is 3. The number of nitrogens with one attached hydrogen (secondary N) is 2. The van der Waals surface area contributed by atoms with Gasteiger partial charge in [-0.05, 0) is 204 Å². The Labute approximate surface area is 895 Å². The second kappa shape index (κ2) is 52.8. The smallest absolute Gasteiger partial charge is 0.330 e. The summed E-state index contributed by atoms with van der Waals surface area (Å²) in [6, 6.07) is 35.7. The van der Waals surface area contributed by atoms with Crippen LogP contribution in [0.5, 0.6) is 0 Å². The number of terminal acetylenes is 1. The molecule has 2 aliphatic carbocycles. The minimum Gasteiger partial charge on any atom is -0.508 e. The highest BCUT2D eigenvalue weighted by Crippen LogP contribution is 2.42. The lowest BCUT2D eigenvalue weighted by Crippen LogP contribution is -2.50. The summed E-state index contributed by atoms with van der Waals surface area (Å²) in [5.74, 6) is 5.58. The average molecular weight is 2110 g/mol. The number of ether oxygens (including phenoxy) is 1. The molecule has 0 spiro atoms. The van der Waals surface area contributed by atoms with Gasteiger partial charge < -0.3 is 48.9 Å². The quantitative estimate of drug-likeness (QED) is 0.0152. The third-order valence-corrected chi connectivity index (χ3v) is 29.0. The molecule has 0 atom stereocenters. The Hall–Kier alpha value is -10.1. The van der Waals surface area contributed by atoms with Crippen LogP contribution in [-0.4, -0.2) is 202 Å². The van der Waals surface area contributed by atoms with Crippen LogP contribution in [0.4, 0.5) is 10.2 Å². The fraction of sp³-hybridized carbons (Fsp3) is 0.452. The number of rotatable bonds is 23. The number of nitrogens with two attached hydrogens (primary N) is 1. The summed E-state index contributed by atoms with van der Waals surface area (Å²) in [7, 11) is 12.2. The molecule has 14 rings (SSSR count). The molecule has 1 fully saturated rings. The Morgan fingerprint density at radius 3 is 1.45 bits per heavy atom. The number of nitriles is 1. The van der Waals surface area contributed by atoms with Crippen LogP contribution >= 0.6 is 82.3 Å². The first-order valence-electron chi connectivity index (χ1n) is 49.1. The van der Waals surface area contributed by atoms with Gasteiger partial charge in [0.1, 0.15) is 57.5 Å². The van der Waals surface area contributed by atoms with Crippen LogP contribution < -0.4 is 27.0 Å². The molecular formula is C115H152FN17O6S7. The Morgan fingerprint density at radius 2 is 0.993 bits per heavy atom. The molecule has 1 aliphatic heterocycles. The van der Waals surface area contributed by atoms with Crippen molar-refractivity contribution in [1.82, 2.24) is 58.3 Å². The molecule has 5 N–H and O–H groups in total. The van der Waals surface area contributed by atoms with E-state index in [1.807, 2.05) is 154 Å². The molecule has 23 nitrogen and oxygen atoms in total. The first-order chi connectivity index (χ1) is 67.9. The van der Waals surface area contributed by atoms with E-state index in [1.54, 1.807) is 95.8 Å². The Bertz CT molecular complexity index is 6890. The SMILES string of the molecule is C#CC1=CCc2ccc(SC(C)(C)C)cc2C1=O.C=C(O)C1=CCc2ccc(SC(C)(C)C)cc2C1=O.CCOC(=O)/C=C/c1ccc(SC(C)(C)C)cc1F.CN(C)CCn1cc(C#N)c(=O)c2cc(SC(C)(C)C)ccc21.Cc1nc(N2CC(CN)C2)c2ccc(SC(C)(C)C)cc2n1.Cc1nc2cc(SC(C)(C)C)cnc2c(=N)n1CCCN(C)C.Cc1nc2cc(SC(C)(C)C)cnc2c(=N)n1CCN(C)C. The lowest BCUT2D eigenvalue weighted by molar-refractivity contribution is -0.137. The summed E-state index contributed by atoms with van der Waals surface area (Å²) in [5, 5.41) is 37.3. The zero-order valence-electron chi connectivity index (χ0n) is 91.5. The Kier molecular flexibility index (Phi) is 43.8. The second-order valence-electron chi connectivity index (χ2n) is 43.6. The molecule has 6 aromatic heterocycles. The van der Waals surface area contributed by atoms with E-state index in [0.717, 1.165) is 169 Å². The predicted octanol–water partition coefficient (Wildman–Crippen LogP) is 24.8. The predicted molar refractivity (Wildman–Crippen MR) is 616 cm³/mol. The molecule has 0 unspecified atom stereocenters. The number of hydrogen-bond acceptors (Lipinski definition) is 27. The maximum Gasteiger partial charge on any atom is 0.330 e. The third kappa shape index (κ3) is 38.5. The molecule has 0 radical (unpaired) electrons. The first-order valence-corrected chi connectivity index (χ1v) is 54.8. The number of anilines is 1. The van der Waals surface area contributed by atoms with Gasteiger partial charge in [-0.3, -0.25) is 25.2 Å². The standard InChI is InChI=1S/C18H23N3OS.C17H27N5S.C17H24N4S.C16H25N5S.C16H18O2S.C16H16OS.C15H19FO2S/c1-18(2,3)23-14-6-7-16-15(10-14)17(22)13(11-19)12-21(16)9-8-20(4)5;1-12-20-14-10-13(23-17(2,3)4)11-19-15(14)16(18)22(12)9-7-8-21(5)6;1-11-19-15-7-13(22-17(2,3)4)5-6-14(15)16(20-11)21-9-12(8-18)10-21;1-11-19-13-9-12(22-16(2,3)4)10-18-14(13)15(17)21(11)8-7-20(5)6;1-10(17)13-8-6-11-5-7-12(19-16(2,3)4)9-14(11)15(13)18;1-5-11-6-7-12-8-9-13(18-16(2,3)4)10-14(12)15(11)17;1-5-18-14(17)9-7-11-6-8-12(10-13(11)16)19-15(2,3)4/h6-7,10,12H,8-9H2,1-5H3;10-11,18H,7-9H2,1-6H3;5-7,12H,8-10,18H2,1-4H3;9-10,17H,7-8H2,1-6H3;5,7-9,17H,1,6H2,2-4H3;1,6,8-10H,7H2,2-4H3;6-10H,5H2,1-4H3/b;;;;;;9-7+. The van der Waals surface area contributed by atoms with Crippen molar-refractivity contribution in [3.05, 3.63) is 241 Å². The van der Waals surface area contributed by atoms with E-state index >= 15 is 0 Å². The maximum atomic E-state index is 13.8. The fourth-order valence-corrected chi connectivity index (χ4v) is 22.2. The zero-order valence-corrected chi connectivity index (χ0v) is 97.2. The summed E-state index contributed by atoms with van der Waals surface area (Å²) in [4.78, 5) is 91.9. The fourth-order valence-electron chi connectivity index (χ4n) is 15.2. The number of fused-ring (bicyclic) bond motifs is 6. The number of likely N-dealkylation sites (N-methyl/N-ethyl adjacent to an activating group) is 2. The van der Waals surface area contributed by atoms with E-state index in [2.05, 4.69) is 258 Å². The molecule has 31 heteroatoms. The minimum atomic E-state index is -0.463. The van der Waals surface area contributed by atoms with Crippen molar-refractivity contribution in [3.8, 4) is 18.4 Å². The number of esters is 1. The number of aliphatic hydroxyl groups is 1. The number of benzene rings is 5. The molecule has 11 aromatic rings. The number of aromatic nitrogens is 9. The Balaban J connectivity index is 0.000000208. The Morgan fingerprint density at radius 1 is 0.562 bits per heavy atom. The molecule has 0 bridgehead atoms. The molecule has 782 valence electrons. The molecule has 7 heterocycles. The van der Waals surface area contributed by atoms with Crippen LogP contribution in [-0.2, 0) is 42.0 Å². The molecule has 0 saturated carbocycles. The zero-order chi connectivity index (χ0) is 109. The monoisotopic (exact) mass is 2110 g/mol. The highest BCUT2D eigenvalue weighted by Gasteiger charge is 2.31. The first kappa shape index (κ1) is 121. The van der Waals surface area contributed by atoms with Gasteiger partial charge in [0.25, 0.3) is 0 Å². The summed E-state index contributed by atoms with van der Waals surface area (Å²) >= 11 is 12.2. The van der Waals surface area contributed by atoms with Crippen LogP contribution in [0.3, 0.4) is 0 Å². The second-order valence-corrected chi connectivity index (χ2v) is 56.9. The van der Waals surface area contributed by atoms with Crippen molar-refractivity contribution in [2.45, 2.75) is 279 Å². The van der Waals surface area contributed by atoms with Crippen LogP contribution in [0.2, 0.25) is 0 Å². The highest BCUT2D eigenvalue weighted by molar-refractivity contribution is 8.02. The number of carbonyl (C=O) groups is 3. The number of nitrogens with zero attached hydrogens (tertiary/aromatic N) is 14. The number of aliphatic hydroxyl groups excluding tert-OH is 1. The maximum absolute atomic E-state index is 13.8. The minimum absolute atomic E-state index is 0.0184. The molecule has 146 heavy (non-hydrogen) atoms.